The number of urea groups is 1. The molecular weight excluding hydrogens is 331 g/mol. The van der Waals surface area contributed by atoms with E-state index in [0.717, 1.165) is 12.0 Å². The monoisotopic (exact) mass is 348 g/mol. The Morgan fingerprint density at radius 1 is 1.25 bits per heavy atom. The topological polar surface area (TPSA) is 50.4 Å². The van der Waals surface area contributed by atoms with Gasteiger partial charge in [-0.1, -0.05) is 23.7 Å². The zero-order chi connectivity index (χ0) is 16.9. The Kier molecular flexibility index (Phi) is 5.20. The molecule has 0 heterocycles. The molecule has 2 amide bonds. The third-order valence-electron chi connectivity index (χ3n) is 3.85. The zero-order valence-electron chi connectivity index (χ0n) is 13.0. The van der Waals surface area contributed by atoms with E-state index >= 15 is 0 Å². The van der Waals surface area contributed by atoms with E-state index in [1.807, 2.05) is 6.07 Å². The molecule has 2 atom stereocenters. The number of hydrogen-bond acceptors (Lipinski definition) is 2. The molecule has 6 heteroatoms. The van der Waals surface area contributed by atoms with Crippen LogP contribution in [0.2, 0.25) is 5.02 Å². The molecule has 3 rings (SSSR count). The Balaban J connectivity index is 1.34. The molecule has 0 aliphatic heterocycles. The van der Waals surface area contributed by atoms with Gasteiger partial charge in [0.15, 0.2) is 0 Å². The third kappa shape index (κ3) is 4.61. The number of rotatable bonds is 6. The van der Waals surface area contributed by atoms with Crippen molar-refractivity contribution in [1.29, 1.82) is 0 Å². The molecular formula is C18H18ClFN2O2. The van der Waals surface area contributed by atoms with Crippen LogP contribution >= 0.6 is 11.6 Å². The smallest absolute Gasteiger partial charge is 0.315 e. The summed E-state index contributed by atoms with van der Waals surface area (Å²) in [5, 5.41) is 6.28. The maximum absolute atomic E-state index is 13.2. The lowest BCUT2D eigenvalue weighted by atomic mass is 10.1. The summed E-state index contributed by atoms with van der Waals surface area (Å²) in [6.45, 7) is 0.763. The van der Waals surface area contributed by atoms with Crippen molar-refractivity contribution in [2.24, 2.45) is 0 Å². The Morgan fingerprint density at radius 2 is 2.04 bits per heavy atom. The Labute approximate surface area is 145 Å². The number of ether oxygens (including phenoxy) is 1. The van der Waals surface area contributed by atoms with E-state index in [9.17, 15) is 9.18 Å². The average molecular weight is 349 g/mol. The summed E-state index contributed by atoms with van der Waals surface area (Å²) in [5.74, 6) is 0.647. The summed E-state index contributed by atoms with van der Waals surface area (Å²) in [4.78, 5) is 11.8. The van der Waals surface area contributed by atoms with Crippen LogP contribution in [0.4, 0.5) is 9.18 Å². The van der Waals surface area contributed by atoms with Crippen molar-refractivity contribution in [2.45, 2.75) is 18.4 Å². The fraction of sp³-hybridized carbons (Fsp3) is 0.278. The van der Waals surface area contributed by atoms with Gasteiger partial charge in [0.1, 0.15) is 18.2 Å². The Bertz CT molecular complexity index is 708. The predicted molar refractivity (Wildman–Crippen MR) is 91.0 cm³/mol. The summed E-state index contributed by atoms with van der Waals surface area (Å²) in [5.41, 5.74) is 0.923. The number of benzene rings is 2. The van der Waals surface area contributed by atoms with Gasteiger partial charge in [0.05, 0.1) is 6.54 Å². The number of hydrogen-bond donors (Lipinski definition) is 2. The van der Waals surface area contributed by atoms with E-state index in [-0.39, 0.29) is 23.8 Å². The van der Waals surface area contributed by atoms with Crippen molar-refractivity contribution in [3.05, 3.63) is 64.9 Å². The number of amides is 2. The van der Waals surface area contributed by atoms with Crippen LogP contribution in [0.1, 0.15) is 17.9 Å². The largest absolute Gasteiger partial charge is 0.492 e. The van der Waals surface area contributed by atoms with Crippen LogP contribution in [-0.4, -0.2) is 25.2 Å². The second kappa shape index (κ2) is 7.53. The highest BCUT2D eigenvalue weighted by Gasteiger charge is 2.39. The second-order valence-corrected chi connectivity index (χ2v) is 6.14. The maximum Gasteiger partial charge on any atom is 0.315 e. The van der Waals surface area contributed by atoms with Gasteiger partial charge < -0.3 is 15.4 Å². The molecule has 2 aromatic carbocycles. The molecule has 1 aliphatic carbocycles. The van der Waals surface area contributed by atoms with E-state index in [0.29, 0.717) is 23.9 Å². The molecule has 0 saturated heterocycles. The molecule has 0 bridgehead atoms. The lowest BCUT2D eigenvalue weighted by molar-refractivity contribution is 0.236. The predicted octanol–water partition coefficient (Wildman–Crippen LogP) is 3.71. The van der Waals surface area contributed by atoms with Crippen molar-refractivity contribution in [3.63, 3.8) is 0 Å². The van der Waals surface area contributed by atoms with Crippen molar-refractivity contribution in [2.75, 3.05) is 13.2 Å². The van der Waals surface area contributed by atoms with Gasteiger partial charge >= 0.3 is 6.03 Å². The number of carbonyl (C=O) groups is 1. The van der Waals surface area contributed by atoms with E-state index in [1.165, 1.54) is 12.1 Å². The zero-order valence-corrected chi connectivity index (χ0v) is 13.7. The fourth-order valence-electron chi connectivity index (χ4n) is 2.54. The first-order valence-electron chi connectivity index (χ1n) is 7.80. The Hall–Kier alpha value is -2.27. The first-order valence-corrected chi connectivity index (χ1v) is 8.18. The summed E-state index contributed by atoms with van der Waals surface area (Å²) < 4.78 is 18.7. The summed E-state index contributed by atoms with van der Waals surface area (Å²) in [6.07, 6.45) is 0.831. The third-order valence-corrected chi connectivity index (χ3v) is 4.11. The van der Waals surface area contributed by atoms with Gasteiger partial charge in [-0.15, -0.1) is 0 Å². The minimum Gasteiger partial charge on any atom is -0.492 e. The highest BCUT2D eigenvalue weighted by atomic mass is 35.5. The van der Waals surface area contributed by atoms with Crippen molar-refractivity contribution < 1.29 is 13.9 Å². The summed E-state index contributed by atoms with van der Waals surface area (Å²) >= 11 is 5.79. The van der Waals surface area contributed by atoms with E-state index < -0.39 is 0 Å². The summed E-state index contributed by atoms with van der Waals surface area (Å²) in [6, 6.07) is 13.4. The molecule has 2 unspecified atom stereocenters. The molecule has 4 nitrogen and oxygen atoms in total. The van der Waals surface area contributed by atoms with Crippen molar-refractivity contribution in [3.8, 4) is 5.75 Å². The van der Waals surface area contributed by atoms with Gasteiger partial charge in [-0.05, 0) is 48.4 Å². The quantitative estimate of drug-likeness (QED) is 0.782. The average Bonchev–Trinajstić information content (AvgIpc) is 3.32. The number of nitrogens with one attached hydrogen (secondary N) is 2. The number of carbonyl (C=O) groups excluding carboxylic acids is 1. The van der Waals surface area contributed by atoms with Crippen LogP contribution in [0.5, 0.6) is 5.75 Å². The van der Waals surface area contributed by atoms with Crippen LogP contribution in [0.25, 0.3) is 0 Å². The van der Waals surface area contributed by atoms with E-state index in [1.54, 1.807) is 30.3 Å². The SMILES string of the molecule is O=C(NCCOc1ccc(Cl)cc1)NC1CC1c1cccc(F)c1. The number of halogens is 2. The molecule has 24 heavy (non-hydrogen) atoms. The van der Waals surface area contributed by atoms with Gasteiger partial charge in [0.25, 0.3) is 0 Å². The van der Waals surface area contributed by atoms with Crippen LogP contribution < -0.4 is 15.4 Å². The lowest BCUT2D eigenvalue weighted by Crippen LogP contribution is -2.39. The van der Waals surface area contributed by atoms with Crippen LogP contribution in [-0.2, 0) is 0 Å². The summed E-state index contributed by atoms with van der Waals surface area (Å²) in [7, 11) is 0. The molecule has 1 fully saturated rings. The van der Waals surface area contributed by atoms with Crippen LogP contribution in [0, 0.1) is 5.82 Å². The van der Waals surface area contributed by atoms with Gasteiger partial charge in [-0.2, -0.15) is 0 Å². The molecule has 0 aromatic heterocycles. The highest BCUT2D eigenvalue weighted by Crippen LogP contribution is 2.40. The molecule has 1 aliphatic rings. The normalized spacial score (nSPS) is 18.8. The van der Waals surface area contributed by atoms with Gasteiger partial charge in [-0.3, -0.25) is 0 Å². The molecule has 2 aromatic rings. The lowest BCUT2D eigenvalue weighted by Gasteiger charge is -2.09. The first-order chi connectivity index (χ1) is 11.6. The highest BCUT2D eigenvalue weighted by molar-refractivity contribution is 6.30. The van der Waals surface area contributed by atoms with Crippen molar-refractivity contribution in [1.82, 2.24) is 10.6 Å². The molecule has 0 radical (unpaired) electrons. The molecule has 126 valence electrons. The standard InChI is InChI=1S/C18H18ClFN2O2/c19-13-4-6-15(7-5-13)24-9-8-21-18(23)22-17-11-16(17)12-2-1-3-14(20)10-12/h1-7,10,16-17H,8-9,11H2,(H2,21,22,23). The fourth-order valence-corrected chi connectivity index (χ4v) is 2.67. The minimum atomic E-state index is -0.248. The Morgan fingerprint density at radius 3 is 2.79 bits per heavy atom. The first kappa shape index (κ1) is 16.6. The minimum absolute atomic E-state index is 0.0592. The van der Waals surface area contributed by atoms with Gasteiger partial charge in [0.2, 0.25) is 0 Å². The molecule has 2 N–H and O–H groups in total. The van der Waals surface area contributed by atoms with E-state index in [2.05, 4.69) is 10.6 Å². The molecule has 1 saturated carbocycles. The van der Waals surface area contributed by atoms with Crippen LogP contribution in [0.15, 0.2) is 48.5 Å². The van der Waals surface area contributed by atoms with Gasteiger partial charge in [-0.25, -0.2) is 9.18 Å². The van der Waals surface area contributed by atoms with Crippen molar-refractivity contribution >= 4 is 17.6 Å². The van der Waals surface area contributed by atoms with Crippen LogP contribution in [0.3, 0.4) is 0 Å². The second-order valence-electron chi connectivity index (χ2n) is 5.71. The van der Waals surface area contributed by atoms with Gasteiger partial charge in [0, 0.05) is 17.0 Å². The maximum atomic E-state index is 13.2. The van der Waals surface area contributed by atoms with E-state index in [4.69, 9.17) is 16.3 Å². The molecule has 0 spiro atoms.